The zero-order chi connectivity index (χ0) is 14.9. The van der Waals surface area contributed by atoms with Crippen molar-refractivity contribution in [1.29, 1.82) is 0 Å². The highest BCUT2D eigenvalue weighted by Gasteiger charge is 2.30. The van der Waals surface area contributed by atoms with Gasteiger partial charge < -0.3 is 10.6 Å². The second-order valence-corrected chi connectivity index (χ2v) is 6.04. The number of amides is 1. The van der Waals surface area contributed by atoms with Crippen LogP contribution in [-0.4, -0.2) is 23.5 Å². The lowest BCUT2D eigenvalue weighted by atomic mass is 9.99. The number of anilines is 1. The molecule has 0 aliphatic heterocycles. The van der Waals surface area contributed by atoms with Gasteiger partial charge in [0.05, 0.1) is 11.1 Å². The summed E-state index contributed by atoms with van der Waals surface area (Å²) in [7, 11) is 1.82. The molecule has 1 aromatic heterocycles. The van der Waals surface area contributed by atoms with E-state index in [4.69, 9.17) is 0 Å². The highest BCUT2D eigenvalue weighted by atomic mass is 16.1. The Labute approximate surface area is 125 Å². The van der Waals surface area contributed by atoms with E-state index in [1.54, 1.807) is 0 Å². The molecule has 0 radical (unpaired) electrons. The van der Waals surface area contributed by atoms with Crippen molar-refractivity contribution in [3.63, 3.8) is 0 Å². The van der Waals surface area contributed by atoms with Crippen LogP contribution in [0.5, 0.6) is 0 Å². The molecule has 110 valence electrons. The fraction of sp³-hybridized carbons (Fsp3) is 0.412. The number of nitrogens with zero attached hydrogens (tertiary/aromatic N) is 1. The van der Waals surface area contributed by atoms with E-state index in [-0.39, 0.29) is 11.4 Å². The van der Waals surface area contributed by atoms with Gasteiger partial charge in [-0.15, -0.1) is 0 Å². The van der Waals surface area contributed by atoms with Gasteiger partial charge in [0.2, 0.25) is 0 Å². The first-order chi connectivity index (χ1) is 10.1. The number of para-hydroxylation sites is 1. The summed E-state index contributed by atoms with van der Waals surface area (Å²) in [6.45, 7) is 2.14. The summed E-state index contributed by atoms with van der Waals surface area (Å²) in [4.78, 5) is 17.2. The summed E-state index contributed by atoms with van der Waals surface area (Å²) in [6.07, 6.45) is 4.49. The van der Waals surface area contributed by atoms with Gasteiger partial charge in [0.15, 0.2) is 0 Å². The van der Waals surface area contributed by atoms with Crippen LogP contribution in [0.1, 0.15) is 43.0 Å². The van der Waals surface area contributed by atoms with Crippen LogP contribution in [0.3, 0.4) is 0 Å². The highest BCUT2D eigenvalue weighted by molar-refractivity contribution is 6.07. The SMILES string of the molecule is CNc1cc(C(=O)NC2(C)CCCC2)c2ccccc2n1. The second kappa shape index (κ2) is 5.35. The number of carbonyl (C=O) groups is 1. The summed E-state index contributed by atoms with van der Waals surface area (Å²) in [5, 5.41) is 7.15. The van der Waals surface area contributed by atoms with Gasteiger partial charge in [-0.25, -0.2) is 4.98 Å². The Morgan fingerprint density at radius 1 is 1.24 bits per heavy atom. The number of fused-ring (bicyclic) bond motifs is 1. The van der Waals surface area contributed by atoms with Gasteiger partial charge in [-0.1, -0.05) is 31.0 Å². The zero-order valence-corrected chi connectivity index (χ0v) is 12.6. The maximum absolute atomic E-state index is 12.7. The summed E-state index contributed by atoms with van der Waals surface area (Å²) < 4.78 is 0. The van der Waals surface area contributed by atoms with Crippen molar-refractivity contribution in [2.75, 3.05) is 12.4 Å². The Morgan fingerprint density at radius 3 is 2.67 bits per heavy atom. The molecule has 0 atom stereocenters. The first-order valence-electron chi connectivity index (χ1n) is 7.51. The number of carbonyl (C=O) groups excluding carboxylic acids is 1. The number of hydrogen-bond acceptors (Lipinski definition) is 3. The smallest absolute Gasteiger partial charge is 0.252 e. The van der Waals surface area contributed by atoms with Gasteiger partial charge in [0.1, 0.15) is 5.82 Å². The highest BCUT2D eigenvalue weighted by Crippen LogP contribution is 2.30. The van der Waals surface area contributed by atoms with E-state index in [1.807, 2.05) is 37.4 Å². The van der Waals surface area contributed by atoms with Crippen LogP contribution in [0.2, 0.25) is 0 Å². The molecule has 1 saturated carbocycles. The fourth-order valence-electron chi connectivity index (χ4n) is 3.11. The molecule has 1 fully saturated rings. The van der Waals surface area contributed by atoms with Gasteiger partial charge in [-0.05, 0) is 31.9 Å². The van der Waals surface area contributed by atoms with Crippen LogP contribution in [0, 0.1) is 0 Å². The monoisotopic (exact) mass is 283 g/mol. The van der Waals surface area contributed by atoms with Gasteiger partial charge in [0.25, 0.3) is 5.91 Å². The van der Waals surface area contributed by atoms with E-state index in [0.717, 1.165) is 29.6 Å². The Balaban J connectivity index is 2.00. The molecule has 1 amide bonds. The van der Waals surface area contributed by atoms with E-state index in [2.05, 4.69) is 22.5 Å². The third-order valence-electron chi connectivity index (χ3n) is 4.34. The maximum atomic E-state index is 12.7. The molecule has 1 aliphatic carbocycles. The van der Waals surface area contributed by atoms with Crippen LogP contribution in [-0.2, 0) is 0 Å². The van der Waals surface area contributed by atoms with Crippen molar-refractivity contribution in [3.05, 3.63) is 35.9 Å². The normalized spacial score (nSPS) is 16.9. The molecule has 1 heterocycles. The fourth-order valence-corrected chi connectivity index (χ4v) is 3.11. The minimum Gasteiger partial charge on any atom is -0.373 e. The van der Waals surface area contributed by atoms with Crippen LogP contribution in [0.4, 0.5) is 5.82 Å². The molecule has 0 unspecified atom stereocenters. The molecular weight excluding hydrogens is 262 g/mol. The Bertz CT molecular complexity index is 675. The van der Waals surface area contributed by atoms with Crippen molar-refractivity contribution in [2.45, 2.75) is 38.1 Å². The average Bonchev–Trinajstić information content (AvgIpc) is 2.92. The van der Waals surface area contributed by atoms with Crippen molar-refractivity contribution in [2.24, 2.45) is 0 Å². The standard InChI is InChI=1S/C17H21N3O/c1-17(9-5-6-10-17)20-16(21)13-11-15(18-2)19-14-8-4-3-7-12(13)14/h3-4,7-8,11H,5-6,9-10H2,1-2H3,(H,18,19)(H,20,21). The first-order valence-corrected chi connectivity index (χ1v) is 7.51. The summed E-state index contributed by atoms with van der Waals surface area (Å²) in [6, 6.07) is 9.60. The number of nitrogens with one attached hydrogen (secondary N) is 2. The van der Waals surface area contributed by atoms with Gasteiger partial charge in [-0.3, -0.25) is 4.79 Å². The molecule has 1 aromatic carbocycles. The van der Waals surface area contributed by atoms with Crippen molar-refractivity contribution < 1.29 is 4.79 Å². The molecule has 4 nitrogen and oxygen atoms in total. The lowest BCUT2D eigenvalue weighted by Crippen LogP contribution is -2.43. The molecule has 0 bridgehead atoms. The third kappa shape index (κ3) is 2.71. The Kier molecular flexibility index (Phi) is 3.53. The summed E-state index contributed by atoms with van der Waals surface area (Å²) >= 11 is 0. The molecule has 0 spiro atoms. The molecule has 2 aromatic rings. The molecular formula is C17H21N3O. The van der Waals surface area contributed by atoms with E-state index in [1.165, 1.54) is 12.8 Å². The zero-order valence-electron chi connectivity index (χ0n) is 12.6. The number of pyridine rings is 1. The van der Waals surface area contributed by atoms with E-state index < -0.39 is 0 Å². The summed E-state index contributed by atoms with van der Waals surface area (Å²) in [5.74, 6) is 0.713. The van der Waals surface area contributed by atoms with Gasteiger partial charge in [-0.2, -0.15) is 0 Å². The van der Waals surface area contributed by atoms with Crippen LogP contribution < -0.4 is 10.6 Å². The molecule has 0 saturated heterocycles. The Morgan fingerprint density at radius 2 is 1.95 bits per heavy atom. The van der Waals surface area contributed by atoms with Crippen LogP contribution in [0.15, 0.2) is 30.3 Å². The predicted molar refractivity (Wildman–Crippen MR) is 85.6 cm³/mol. The van der Waals surface area contributed by atoms with Gasteiger partial charge >= 0.3 is 0 Å². The molecule has 4 heteroatoms. The topological polar surface area (TPSA) is 54.0 Å². The van der Waals surface area contributed by atoms with Crippen LogP contribution in [0.25, 0.3) is 10.9 Å². The van der Waals surface area contributed by atoms with E-state index in [9.17, 15) is 4.79 Å². The first kappa shape index (κ1) is 13.9. The molecule has 21 heavy (non-hydrogen) atoms. The number of aromatic nitrogens is 1. The molecule has 1 aliphatic rings. The largest absolute Gasteiger partial charge is 0.373 e. The Hall–Kier alpha value is -2.10. The van der Waals surface area contributed by atoms with E-state index >= 15 is 0 Å². The maximum Gasteiger partial charge on any atom is 0.252 e. The van der Waals surface area contributed by atoms with Crippen molar-refractivity contribution in [3.8, 4) is 0 Å². The third-order valence-corrected chi connectivity index (χ3v) is 4.34. The number of hydrogen-bond donors (Lipinski definition) is 2. The summed E-state index contributed by atoms with van der Waals surface area (Å²) in [5.41, 5.74) is 1.46. The van der Waals surface area contributed by atoms with Gasteiger partial charge in [0, 0.05) is 18.0 Å². The lowest BCUT2D eigenvalue weighted by molar-refractivity contribution is 0.0910. The lowest BCUT2D eigenvalue weighted by Gasteiger charge is -2.25. The quantitative estimate of drug-likeness (QED) is 0.908. The molecule has 3 rings (SSSR count). The number of rotatable bonds is 3. The number of benzene rings is 1. The van der Waals surface area contributed by atoms with Crippen LogP contribution >= 0.6 is 0 Å². The van der Waals surface area contributed by atoms with Crippen molar-refractivity contribution in [1.82, 2.24) is 10.3 Å². The van der Waals surface area contributed by atoms with E-state index in [0.29, 0.717) is 5.56 Å². The molecule has 2 N–H and O–H groups in total. The second-order valence-electron chi connectivity index (χ2n) is 6.04. The minimum atomic E-state index is -0.0682. The minimum absolute atomic E-state index is 0.00509. The van der Waals surface area contributed by atoms with Crippen molar-refractivity contribution >= 4 is 22.6 Å². The average molecular weight is 283 g/mol. The predicted octanol–water partition coefficient (Wildman–Crippen LogP) is 3.34.